The summed E-state index contributed by atoms with van der Waals surface area (Å²) in [5, 5.41) is 0. The number of hydrogen-bond acceptors (Lipinski definition) is 3. The van der Waals surface area contributed by atoms with Crippen LogP contribution in [-0.4, -0.2) is 24.1 Å². The number of nitrogens with zero attached hydrogens (tertiary/aromatic N) is 1. The molecule has 0 fully saturated rings. The zero-order chi connectivity index (χ0) is 14.3. The molecule has 0 atom stereocenters. The largest absolute Gasteiger partial charge is 0.449 e. The summed E-state index contributed by atoms with van der Waals surface area (Å²) in [4.78, 5) is 13.7. The normalized spacial score (nSPS) is 10.5. The molecule has 0 spiro atoms. The second-order valence-electron chi connectivity index (χ2n) is 5.09. The molecule has 1 rings (SSSR count). The van der Waals surface area contributed by atoms with Crippen molar-refractivity contribution >= 4 is 11.8 Å². The van der Waals surface area contributed by atoms with E-state index in [0.29, 0.717) is 31.3 Å². The Labute approximate surface area is 115 Å². The number of hydrogen-bond donors (Lipinski definition) is 1. The van der Waals surface area contributed by atoms with E-state index >= 15 is 0 Å². The lowest BCUT2D eigenvalue weighted by Gasteiger charge is -2.22. The Kier molecular flexibility index (Phi) is 6.19. The molecule has 19 heavy (non-hydrogen) atoms. The summed E-state index contributed by atoms with van der Waals surface area (Å²) in [6.07, 6.45) is 0.627. The average molecular weight is 264 g/mol. The lowest BCUT2D eigenvalue weighted by molar-refractivity contribution is 0.0897. The zero-order valence-corrected chi connectivity index (χ0v) is 12.1. The Bertz CT molecular complexity index is 405. The molecule has 1 aromatic carbocycles. The molecule has 0 saturated carbocycles. The molecule has 0 heterocycles. The van der Waals surface area contributed by atoms with E-state index in [1.807, 2.05) is 45.0 Å². The summed E-state index contributed by atoms with van der Waals surface area (Å²) in [6.45, 7) is 7.70. The number of anilines is 1. The Morgan fingerprint density at radius 3 is 2.63 bits per heavy atom. The quantitative estimate of drug-likeness (QED) is 0.802. The molecule has 0 radical (unpaired) electrons. The van der Waals surface area contributed by atoms with Gasteiger partial charge in [-0.2, -0.15) is 0 Å². The predicted molar refractivity (Wildman–Crippen MR) is 77.7 cm³/mol. The maximum absolute atomic E-state index is 12.0. The van der Waals surface area contributed by atoms with Crippen molar-refractivity contribution in [3.63, 3.8) is 0 Å². The van der Waals surface area contributed by atoms with E-state index in [-0.39, 0.29) is 6.09 Å². The topological polar surface area (TPSA) is 55.6 Å². The molecule has 4 nitrogen and oxygen atoms in total. The van der Waals surface area contributed by atoms with Crippen molar-refractivity contribution in [3.8, 4) is 0 Å². The fourth-order valence-electron chi connectivity index (χ4n) is 1.72. The number of carbonyl (C=O) groups is 1. The standard InChI is InChI=1S/C15H24N2O2/c1-4-9-17(15(18)19-11-12(2)3)10-13-7-5-6-8-14(13)16/h5-8,12H,4,9-11,16H2,1-3H3. The van der Waals surface area contributed by atoms with Crippen molar-refractivity contribution < 1.29 is 9.53 Å². The minimum absolute atomic E-state index is 0.265. The van der Waals surface area contributed by atoms with Crippen LogP contribution in [0.2, 0.25) is 0 Å². The Balaban J connectivity index is 2.67. The number of nitrogen functional groups attached to an aromatic ring is 1. The highest BCUT2D eigenvalue weighted by Gasteiger charge is 2.16. The fourth-order valence-corrected chi connectivity index (χ4v) is 1.72. The number of rotatable bonds is 6. The van der Waals surface area contributed by atoms with Gasteiger partial charge in [0.1, 0.15) is 0 Å². The minimum atomic E-state index is -0.265. The third-order valence-electron chi connectivity index (χ3n) is 2.71. The molecule has 1 aromatic rings. The summed E-state index contributed by atoms with van der Waals surface area (Å²) in [7, 11) is 0. The van der Waals surface area contributed by atoms with E-state index in [4.69, 9.17) is 10.5 Å². The van der Waals surface area contributed by atoms with Crippen molar-refractivity contribution in [1.29, 1.82) is 0 Å². The van der Waals surface area contributed by atoms with Crippen LogP contribution in [0, 0.1) is 5.92 Å². The average Bonchev–Trinajstić information content (AvgIpc) is 2.38. The molecule has 1 amide bonds. The summed E-state index contributed by atoms with van der Waals surface area (Å²) in [6, 6.07) is 7.60. The molecule has 0 bridgehead atoms. The highest BCUT2D eigenvalue weighted by Crippen LogP contribution is 2.14. The smallest absolute Gasteiger partial charge is 0.410 e. The van der Waals surface area contributed by atoms with Gasteiger partial charge in [0.25, 0.3) is 0 Å². The molecule has 0 aliphatic heterocycles. The Morgan fingerprint density at radius 1 is 1.37 bits per heavy atom. The first-order valence-electron chi connectivity index (χ1n) is 6.79. The summed E-state index contributed by atoms with van der Waals surface area (Å²) in [5.41, 5.74) is 7.57. The molecule has 0 aliphatic rings. The van der Waals surface area contributed by atoms with Crippen LogP contribution in [0.25, 0.3) is 0 Å². The molecular weight excluding hydrogens is 240 g/mol. The third kappa shape index (κ3) is 5.20. The highest BCUT2D eigenvalue weighted by molar-refractivity contribution is 5.68. The zero-order valence-electron chi connectivity index (χ0n) is 12.1. The van der Waals surface area contributed by atoms with Crippen LogP contribution in [0.15, 0.2) is 24.3 Å². The SMILES string of the molecule is CCCN(Cc1ccccc1N)C(=O)OCC(C)C. The van der Waals surface area contributed by atoms with Gasteiger partial charge in [-0.05, 0) is 24.0 Å². The van der Waals surface area contributed by atoms with Gasteiger partial charge < -0.3 is 15.4 Å². The van der Waals surface area contributed by atoms with Crippen molar-refractivity contribution in [1.82, 2.24) is 4.90 Å². The molecule has 0 aromatic heterocycles. The van der Waals surface area contributed by atoms with Crippen LogP contribution in [0.3, 0.4) is 0 Å². The molecule has 0 saturated heterocycles. The summed E-state index contributed by atoms with van der Waals surface area (Å²) >= 11 is 0. The van der Waals surface area contributed by atoms with Crippen LogP contribution in [0.5, 0.6) is 0 Å². The molecule has 106 valence electrons. The first kappa shape index (κ1) is 15.3. The van der Waals surface area contributed by atoms with Crippen LogP contribution < -0.4 is 5.73 Å². The van der Waals surface area contributed by atoms with Gasteiger partial charge in [-0.15, -0.1) is 0 Å². The maximum atomic E-state index is 12.0. The van der Waals surface area contributed by atoms with Crippen molar-refractivity contribution in [3.05, 3.63) is 29.8 Å². The number of para-hydroxylation sites is 1. The first-order chi connectivity index (χ1) is 9.04. The van der Waals surface area contributed by atoms with Crippen molar-refractivity contribution in [2.45, 2.75) is 33.7 Å². The highest BCUT2D eigenvalue weighted by atomic mass is 16.6. The van der Waals surface area contributed by atoms with Crippen molar-refractivity contribution in [2.24, 2.45) is 5.92 Å². The van der Waals surface area contributed by atoms with Gasteiger partial charge in [0.15, 0.2) is 0 Å². The third-order valence-corrected chi connectivity index (χ3v) is 2.71. The maximum Gasteiger partial charge on any atom is 0.410 e. The van der Waals surface area contributed by atoms with E-state index in [2.05, 4.69) is 0 Å². The lowest BCUT2D eigenvalue weighted by Crippen LogP contribution is -2.32. The molecular formula is C15H24N2O2. The van der Waals surface area contributed by atoms with Crippen LogP contribution in [0.1, 0.15) is 32.8 Å². The van der Waals surface area contributed by atoms with E-state index < -0.39 is 0 Å². The number of amides is 1. The van der Waals surface area contributed by atoms with Crippen LogP contribution in [-0.2, 0) is 11.3 Å². The number of carbonyl (C=O) groups excluding carboxylic acids is 1. The number of benzene rings is 1. The Morgan fingerprint density at radius 2 is 2.05 bits per heavy atom. The van der Waals surface area contributed by atoms with E-state index in [1.165, 1.54) is 0 Å². The van der Waals surface area contributed by atoms with Gasteiger partial charge in [-0.25, -0.2) is 4.79 Å². The van der Waals surface area contributed by atoms with Crippen molar-refractivity contribution in [2.75, 3.05) is 18.9 Å². The first-order valence-corrected chi connectivity index (χ1v) is 6.79. The molecule has 0 unspecified atom stereocenters. The van der Waals surface area contributed by atoms with E-state index in [0.717, 1.165) is 12.0 Å². The number of ether oxygens (including phenoxy) is 1. The van der Waals surface area contributed by atoms with Crippen LogP contribution >= 0.6 is 0 Å². The molecule has 4 heteroatoms. The molecule has 0 aliphatic carbocycles. The second kappa shape index (κ2) is 7.67. The number of nitrogens with two attached hydrogens (primary N) is 1. The Hall–Kier alpha value is -1.71. The molecule has 2 N–H and O–H groups in total. The summed E-state index contributed by atoms with van der Waals surface area (Å²) in [5.74, 6) is 0.342. The monoisotopic (exact) mass is 264 g/mol. The van der Waals surface area contributed by atoms with E-state index in [1.54, 1.807) is 4.90 Å². The van der Waals surface area contributed by atoms with E-state index in [9.17, 15) is 4.79 Å². The van der Waals surface area contributed by atoms with Gasteiger partial charge >= 0.3 is 6.09 Å². The lowest BCUT2D eigenvalue weighted by atomic mass is 10.1. The van der Waals surface area contributed by atoms with Crippen LogP contribution in [0.4, 0.5) is 10.5 Å². The van der Waals surface area contributed by atoms with Gasteiger partial charge in [0.05, 0.1) is 13.2 Å². The van der Waals surface area contributed by atoms with Gasteiger partial charge in [0.2, 0.25) is 0 Å². The predicted octanol–water partition coefficient (Wildman–Crippen LogP) is 3.27. The second-order valence-corrected chi connectivity index (χ2v) is 5.09. The van der Waals surface area contributed by atoms with Gasteiger partial charge in [0, 0.05) is 12.2 Å². The van der Waals surface area contributed by atoms with Gasteiger partial charge in [-0.1, -0.05) is 39.0 Å². The minimum Gasteiger partial charge on any atom is -0.449 e. The summed E-state index contributed by atoms with van der Waals surface area (Å²) < 4.78 is 5.28. The van der Waals surface area contributed by atoms with Gasteiger partial charge in [-0.3, -0.25) is 0 Å². The fraction of sp³-hybridized carbons (Fsp3) is 0.533.